The molecule has 2 aromatic rings. The van der Waals surface area contributed by atoms with Crippen LogP contribution in [0.4, 0.5) is 11.4 Å². The molecule has 0 spiro atoms. The lowest BCUT2D eigenvalue weighted by Gasteiger charge is -2.22. The van der Waals surface area contributed by atoms with E-state index in [0.29, 0.717) is 11.1 Å². The molecule has 0 unspecified atom stereocenters. The van der Waals surface area contributed by atoms with Gasteiger partial charge < -0.3 is 4.90 Å². The Morgan fingerprint density at radius 2 is 1.90 bits per heavy atom. The molecule has 0 atom stereocenters. The van der Waals surface area contributed by atoms with Gasteiger partial charge in [0.25, 0.3) is 0 Å². The first-order valence-corrected chi connectivity index (χ1v) is 6.87. The fourth-order valence-corrected chi connectivity index (χ4v) is 2.63. The number of halogens is 1. The third kappa shape index (κ3) is 2.73. The van der Waals surface area contributed by atoms with E-state index in [4.69, 9.17) is 5.26 Å². The summed E-state index contributed by atoms with van der Waals surface area (Å²) >= 11 is 3.48. The van der Waals surface area contributed by atoms with Gasteiger partial charge in [-0.05, 0) is 53.2 Å². The van der Waals surface area contributed by atoms with E-state index < -0.39 is 0 Å². The van der Waals surface area contributed by atoms with Gasteiger partial charge in [-0.25, -0.2) is 0 Å². The molecule has 0 saturated heterocycles. The largest absolute Gasteiger partial charge is 0.343 e. The number of rotatable bonds is 3. The highest BCUT2D eigenvalue weighted by Crippen LogP contribution is 2.33. The predicted molar refractivity (Wildman–Crippen MR) is 83.4 cm³/mol. The minimum Gasteiger partial charge on any atom is -0.343 e. The van der Waals surface area contributed by atoms with Crippen molar-refractivity contribution in [1.82, 2.24) is 0 Å². The lowest BCUT2D eigenvalue weighted by atomic mass is 10.1. The number of ketones is 1. The fourth-order valence-electron chi connectivity index (χ4n) is 1.99. The zero-order valence-electron chi connectivity index (χ0n) is 11.2. The van der Waals surface area contributed by atoms with E-state index in [9.17, 15) is 4.79 Å². The van der Waals surface area contributed by atoms with Crippen LogP contribution in [0.5, 0.6) is 0 Å². The van der Waals surface area contributed by atoms with Gasteiger partial charge in [-0.3, -0.25) is 4.79 Å². The second-order valence-corrected chi connectivity index (χ2v) is 5.26. The van der Waals surface area contributed by atoms with E-state index in [-0.39, 0.29) is 5.78 Å². The molecule has 0 aliphatic carbocycles. The second kappa shape index (κ2) is 5.89. The van der Waals surface area contributed by atoms with Gasteiger partial charge in [0.1, 0.15) is 6.07 Å². The molecule has 0 fully saturated rings. The fraction of sp³-hybridized carbons (Fsp3) is 0.125. The molecule has 4 heteroatoms. The zero-order valence-corrected chi connectivity index (χ0v) is 12.8. The van der Waals surface area contributed by atoms with Crippen LogP contribution >= 0.6 is 15.9 Å². The van der Waals surface area contributed by atoms with Crippen LogP contribution < -0.4 is 4.90 Å². The highest BCUT2D eigenvalue weighted by Gasteiger charge is 2.12. The summed E-state index contributed by atoms with van der Waals surface area (Å²) < 4.78 is 0.820. The molecule has 0 heterocycles. The predicted octanol–water partition coefficient (Wildman–Crippen LogP) is 4.29. The van der Waals surface area contributed by atoms with Crippen molar-refractivity contribution in [2.24, 2.45) is 0 Å². The van der Waals surface area contributed by atoms with Gasteiger partial charge in [0.05, 0.1) is 16.9 Å². The Bertz CT molecular complexity index is 704. The second-order valence-electron chi connectivity index (χ2n) is 4.41. The van der Waals surface area contributed by atoms with Crippen LogP contribution in [0.25, 0.3) is 0 Å². The molecule has 2 aromatic carbocycles. The highest BCUT2D eigenvalue weighted by molar-refractivity contribution is 9.10. The molecule has 0 amide bonds. The molecular weight excluding hydrogens is 316 g/mol. The van der Waals surface area contributed by atoms with Crippen molar-refractivity contribution in [2.75, 3.05) is 11.9 Å². The number of para-hydroxylation sites is 1. The molecule has 0 aliphatic rings. The summed E-state index contributed by atoms with van der Waals surface area (Å²) in [5.74, 6) is 0.0253. The number of hydrogen-bond acceptors (Lipinski definition) is 3. The van der Waals surface area contributed by atoms with E-state index >= 15 is 0 Å². The number of benzene rings is 2. The Morgan fingerprint density at radius 1 is 1.20 bits per heavy atom. The Balaban J connectivity index is 2.46. The molecule has 3 nitrogen and oxygen atoms in total. The van der Waals surface area contributed by atoms with Crippen molar-refractivity contribution in [3.8, 4) is 6.07 Å². The van der Waals surface area contributed by atoms with Crippen LogP contribution in [-0.4, -0.2) is 12.8 Å². The smallest absolute Gasteiger partial charge is 0.159 e. The maximum Gasteiger partial charge on any atom is 0.159 e. The average molecular weight is 329 g/mol. The summed E-state index contributed by atoms with van der Waals surface area (Å²) in [4.78, 5) is 13.3. The standard InChI is InChI=1S/C16H13BrN2O/c1-11(20)12-7-8-16(14(17)9-12)19(2)15-6-4-3-5-13(15)10-18/h3-9H,1-2H3. The quantitative estimate of drug-likeness (QED) is 0.789. The van der Waals surface area contributed by atoms with Crippen molar-refractivity contribution < 1.29 is 4.79 Å². The summed E-state index contributed by atoms with van der Waals surface area (Å²) in [7, 11) is 1.89. The van der Waals surface area contributed by atoms with Crippen molar-refractivity contribution in [1.29, 1.82) is 5.26 Å². The van der Waals surface area contributed by atoms with E-state index in [0.717, 1.165) is 15.8 Å². The van der Waals surface area contributed by atoms with Gasteiger partial charge in [0.2, 0.25) is 0 Å². The molecule has 0 radical (unpaired) electrons. The van der Waals surface area contributed by atoms with Crippen LogP contribution in [0.3, 0.4) is 0 Å². The number of anilines is 2. The van der Waals surface area contributed by atoms with Crippen LogP contribution in [-0.2, 0) is 0 Å². The Kier molecular flexibility index (Phi) is 4.21. The molecule has 0 aromatic heterocycles. The van der Waals surface area contributed by atoms with E-state index in [1.165, 1.54) is 6.92 Å². The number of nitrogens with zero attached hydrogens (tertiary/aromatic N) is 2. The van der Waals surface area contributed by atoms with Crippen molar-refractivity contribution in [2.45, 2.75) is 6.92 Å². The van der Waals surface area contributed by atoms with Gasteiger partial charge in [-0.15, -0.1) is 0 Å². The lowest BCUT2D eigenvalue weighted by Crippen LogP contribution is -2.12. The third-order valence-corrected chi connectivity index (χ3v) is 3.74. The zero-order chi connectivity index (χ0) is 14.7. The van der Waals surface area contributed by atoms with Crippen molar-refractivity contribution >= 4 is 33.1 Å². The number of carbonyl (C=O) groups excluding carboxylic acids is 1. The van der Waals surface area contributed by atoms with Gasteiger partial charge in [-0.1, -0.05) is 12.1 Å². The van der Waals surface area contributed by atoms with Crippen molar-refractivity contribution in [3.63, 3.8) is 0 Å². The molecule has 0 saturated carbocycles. The molecule has 20 heavy (non-hydrogen) atoms. The molecule has 0 N–H and O–H groups in total. The summed E-state index contributed by atoms with van der Waals surface area (Å²) in [5.41, 5.74) is 2.99. The summed E-state index contributed by atoms with van der Waals surface area (Å²) in [5, 5.41) is 9.17. The maximum atomic E-state index is 11.4. The Labute approximate surface area is 126 Å². The first-order valence-electron chi connectivity index (χ1n) is 6.08. The molecule has 0 bridgehead atoms. The summed E-state index contributed by atoms with van der Waals surface area (Å²) in [6.07, 6.45) is 0. The Hall–Kier alpha value is -2.12. The molecule has 2 rings (SSSR count). The van der Waals surface area contributed by atoms with Crippen molar-refractivity contribution in [3.05, 3.63) is 58.1 Å². The minimum atomic E-state index is 0.0253. The maximum absolute atomic E-state index is 11.4. The lowest BCUT2D eigenvalue weighted by molar-refractivity contribution is 0.101. The summed E-state index contributed by atoms with van der Waals surface area (Å²) in [6, 6.07) is 15.0. The number of hydrogen-bond donors (Lipinski definition) is 0. The normalized spacial score (nSPS) is 9.90. The average Bonchev–Trinajstić information content (AvgIpc) is 2.46. The van der Waals surface area contributed by atoms with Gasteiger partial charge in [0, 0.05) is 17.1 Å². The minimum absolute atomic E-state index is 0.0253. The number of carbonyl (C=O) groups is 1. The van der Waals surface area contributed by atoms with E-state index in [1.807, 2.05) is 36.2 Å². The topological polar surface area (TPSA) is 44.1 Å². The van der Waals surface area contributed by atoms with Crippen LogP contribution in [0.2, 0.25) is 0 Å². The third-order valence-electron chi connectivity index (χ3n) is 3.10. The molecule has 100 valence electrons. The summed E-state index contributed by atoms with van der Waals surface area (Å²) in [6.45, 7) is 1.54. The van der Waals surface area contributed by atoms with Gasteiger partial charge in [-0.2, -0.15) is 5.26 Å². The van der Waals surface area contributed by atoms with Gasteiger partial charge >= 0.3 is 0 Å². The van der Waals surface area contributed by atoms with E-state index in [1.54, 1.807) is 18.2 Å². The SMILES string of the molecule is CC(=O)c1ccc(N(C)c2ccccc2C#N)c(Br)c1. The van der Waals surface area contributed by atoms with Crippen LogP contribution in [0.15, 0.2) is 46.9 Å². The first-order chi connectivity index (χ1) is 9.54. The Morgan fingerprint density at radius 3 is 2.50 bits per heavy atom. The molecule has 0 aliphatic heterocycles. The number of nitriles is 1. The van der Waals surface area contributed by atoms with Gasteiger partial charge in [0.15, 0.2) is 5.78 Å². The highest BCUT2D eigenvalue weighted by atomic mass is 79.9. The molecular formula is C16H13BrN2O. The van der Waals surface area contributed by atoms with Crippen LogP contribution in [0.1, 0.15) is 22.8 Å². The first kappa shape index (κ1) is 14.3. The number of Topliss-reactive ketones (excluding diaryl/α,β-unsaturated/α-hetero) is 1. The monoisotopic (exact) mass is 328 g/mol. The van der Waals surface area contributed by atoms with E-state index in [2.05, 4.69) is 22.0 Å². The van der Waals surface area contributed by atoms with Crippen LogP contribution in [0, 0.1) is 11.3 Å².